The summed E-state index contributed by atoms with van der Waals surface area (Å²) >= 11 is 0. The van der Waals surface area contributed by atoms with Crippen LogP contribution in [0, 0.1) is 28.6 Å². The maximum Gasteiger partial charge on any atom is 0.0998 e. The molecule has 0 saturated heterocycles. The Balaban J connectivity index is 1.36. The number of aryl methyl sites for hydroxylation is 1. The zero-order valence-electron chi connectivity index (χ0n) is 26.7. The molecule has 1 atom stereocenters. The molecule has 222 valence electrons. The standard InChI is InChI=1S/C44H36N2/c1-28(2)9-6-10-29(3)17-18-30-19-21-31(22-20-30)35-13-4-5-14-36(35)40-25-34(27-46)43-39-16-8-12-32-11-7-15-38(41(32)39)42-33(26-45)23-24-37(40)44(42)43/h4-5,7-9,11-16,19-25,29H,6,10,17-18H2,1-3H3/t29-/m0/s1. The molecule has 0 radical (unpaired) electrons. The monoisotopic (exact) mass is 592 g/mol. The van der Waals surface area contributed by atoms with Gasteiger partial charge in [0.1, 0.15) is 0 Å². The van der Waals surface area contributed by atoms with Crippen molar-refractivity contribution in [2.24, 2.45) is 5.92 Å². The van der Waals surface area contributed by atoms with Gasteiger partial charge in [0.15, 0.2) is 0 Å². The van der Waals surface area contributed by atoms with Crippen molar-refractivity contribution < 1.29 is 0 Å². The molecule has 7 rings (SSSR count). The smallest absolute Gasteiger partial charge is 0.0998 e. The summed E-state index contributed by atoms with van der Waals surface area (Å²) in [5, 5.41) is 29.1. The molecule has 0 N–H and O–H groups in total. The van der Waals surface area contributed by atoms with Gasteiger partial charge in [-0.05, 0) is 112 Å². The van der Waals surface area contributed by atoms with Crippen LogP contribution in [0.3, 0.4) is 0 Å². The Bertz CT molecular complexity index is 2310. The quantitative estimate of drug-likeness (QED) is 0.100. The van der Waals surface area contributed by atoms with Gasteiger partial charge in [-0.3, -0.25) is 0 Å². The van der Waals surface area contributed by atoms with Gasteiger partial charge in [-0.15, -0.1) is 0 Å². The normalized spacial score (nSPS) is 12.0. The summed E-state index contributed by atoms with van der Waals surface area (Å²) in [6.07, 6.45) is 6.99. The van der Waals surface area contributed by atoms with E-state index in [1.807, 2.05) is 6.07 Å². The van der Waals surface area contributed by atoms with Gasteiger partial charge in [-0.2, -0.15) is 10.5 Å². The zero-order chi connectivity index (χ0) is 31.8. The number of hydrogen-bond acceptors (Lipinski definition) is 2. The lowest BCUT2D eigenvalue weighted by Crippen LogP contribution is -1.97. The fraction of sp³-hybridized carbons (Fsp3) is 0.182. The molecular formula is C44H36N2. The molecule has 0 fully saturated rings. The van der Waals surface area contributed by atoms with Crippen LogP contribution in [0.1, 0.15) is 56.7 Å². The highest BCUT2D eigenvalue weighted by Gasteiger charge is 2.21. The maximum absolute atomic E-state index is 10.6. The summed E-state index contributed by atoms with van der Waals surface area (Å²) in [6.45, 7) is 6.70. The van der Waals surface area contributed by atoms with Crippen LogP contribution in [-0.2, 0) is 6.42 Å². The zero-order valence-corrected chi connectivity index (χ0v) is 26.7. The summed E-state index contributed by atoms with van der Waals surface area (Å²) in [7, 11) is 0. The van der Waals surface area contributed by atoms with E-state index in [9.17, 15) is 10.5 Å². The molecule has 0 saturated carbocycles. The average Bonchev–Trinajstić information content (AvgIpc) is 3.09. The maximum atomic E-state index is 10.6. The van der Waals surface area contributed by atoms with Crippen molar-refractivity contribution >= 4 is 43.1 Å². The minimum atomic E-state index is 0.629. The molecule has 0 unspecified atom stereocenters. The van der Waals surface area contributed by atoms with Gasteiger partial charge in [0.2, 0.25) is 0 Å². The molecular weight excluding hydrogens is 556 g/mol. The Kier molecular flexibility index (Phi) is 7.74. The molecule has 0 aromatic heterocycles. The predicted molar refractivity (Wildman–Crippen MR) is 194 cm³/mol. The largest absolute Gasteiger partial charge is 0.192 e. The highest BCUT2D eigenvalue weighted by molar-refractivity contribution is 6.36. The van der Waals surface area contributed by atoms with Crippen LogP contribution in [0.15, 0.2) is 115 Å². The summed E-state index contributed by atoms with van der Waals surface area (Å²) < 4.78 is 0. The van der Waals surface area contributed by atoms with Crippen molar-refractivity contribution in [3.63, 3.8) is 0 Å². The van der Waals surface area contributed by atoms with Crippen LogP contribution < -0.4 is 0 Å². The number of rotatable bonds is 8. The van der Waals surface area contributed by atoms with Crippen molar-refractivity contribution in [1.82, 2.24) is 0 Å². The Morgan fingerprint density at radius 2 is 1.30 bits per heavy atom. The second kappa shape index (κ2) is 12.2. The van der Waals surface area contributed by atoms with Crippen LogP contribution in [0.25, 0.3) is 65.3 Å². The van der Waals surface area contributed by atoms with Gasteiger partial charge >= 0.3 is 0 Å². The number of nitriles is 2. The van der Waals surface area contributed by atoms with Gasteiger partial charge < -0.3 is 0 Å². The molecule has 0 aliphatic rings. The lowest BCUT2D eigenvalue weighted by molar-refractivity contribution is 0.497. The van der Waals surface area contributed by atoms with E-state index in [4.69, 9.17) is 0 Å². The second-order valence-electron chi connectivity index (χ2n) is 12.9. The Labute approximate surface area is 271 Å². The molecule has 0 bridgehead atoms. The highest BCUT2D eigenvalue weighted by Crippen LogP contribution is 2.47. The van der Waals surface area contributed by atoms with E-state index in [1.165, 1.54) is 24.0 Å². The molecule has 0 heterocycles. The van der Waals surface area contributed by atoms with E-state index in [2.05, 4.69) is 136 Å². The van der Waals surface area contributed by atoms with Gasteiger partial charge in [-0.1, -0.05) is 110 Å². The number of benzene rings is 7. The Hall–Kier alpha value is -5.44. The molecule has 46 heavy (non-hydrogen) atoms. The van der Waals surface area contributed by atoms with Crippen LogP contribution in [-0.4, -0.2) is 0 Å². The molecule has 7 aromatic carbocycles. The minimum absolute atomic E-state index is 0.629. The van der Waals surface area contributed by atoms with Gasteiger partial charge in [0.25, 0.3) is 0 Å². The minimum Gasteiger partial charge on any atom is -0.192 e. The number of nitrogens with zero attached hydrogens (tertiary/aromatic N) is 2. The van der Waals surface area contributed by atoms with Crippen molar-refractivity contribution in [1.29, 1.82) is 10.5 Å². The first-order valence-electron chi connectivity index (χ1n) is 16.3. The van der Waals surface area contributed by atoms with Crippen molar-refractivity contribution in [2.45, 2.75) is 46.5 Å². The topological polar surface area (TPSA) is 47.6 Å². The number of hydrogen-bond donors (Lipinski definition) is 0. The van der Waals surface area contributed by atoms with Gasteiger partial charge in [0, 0.05) is 16.2 Å². The first-order valence-corrected chi connectivity index (χ1v) is 16.3. The lowest BCUT2D eigenvalue weighted by atomic mass is 9.82. The SMILES string of the molecule is CC(C)=CCC[C@H](C)CCc1ccc(-c2ccccc2-c2cc(C#N)c3c4cccc5cccc(c6c(C#N)ccc2c63)c54)cc1. The molecule has 2 heteroatoms. The van der Waals surface area contributed by atoms with Crippen LogP contribution in [0.2, 0.25) is 0 Å². The molecule has 0 amide bonds. The Morgan fingerprint density at radius 3 is 1.98 bits per heavy atom. The third-order valence-electron chi connectivity index (χ3n) is 9.61. The molecule has 7 aromatic rings. The van der Waals surface area contributed by atoms with Crippen LogP contribution in [0.4, 0.5) is 0 Å². The summed E-state index contributed by atoms with van der Waals surface area (Å²) in [5.74, 6) is 0.693. The molecule has 0 aliphatic heterocycles. The summed E-state index contributed by atoms with van der Waals surface area (Å²) in [4.78, 5) is 0. The van der Waals surface area contributed by atoms with E-state index in [-0.39, 0.29) is 0 Å². The van der Waals surface area contributed by atoms with Crippen molar-refractivity contribution in [3.8, 4) is 34.4 Å². The van der Waals surface area contributed by atoms with E-state index < -0.39 is 0 Å². The third kappa shape index (κ3) is 5.07. The fourth-order valence-corrected chi connectivity index (χ4v) is 7.27. The average molecular weight is 593 g/mol. The van der Waals surface area contributed by atoms with E-state index in [0.29, 0.717) is 17.0 Å². The predicted octanol–water partition coefficient (Wildman–Crippen LogP) is 12.1. The van der Waals surface area contributed by atoms with Crippen molar-refractivity contribution in [2.75, 3.05) is 0 Å². The molecule has 0 aliphatic carbocycles. The van der Waals surface area contributed by atoms with E-state index in [0.717, 1.165) is 78.2 Å². The lowest BCUT2D eigenvalue weighted by Gasteiger charge is -2.20. The molecule has 2 nitrogen and oxygen atoms in total. The number of allylic oxidation sites excluding steroid dienone is 2. The fourth-order valence-electron chi connectivity index (χ4n) is 7.27. The first-order chi connectivity index (χ1) is 22.5. The van der Waals surface area contributed by atoms with Crippen LogP contribution >= 0.6 is 0 Å². The highest BCUT2D eigenvalue weighted by atomic mass is 14.3. The second-order valence-corrected chi connectivity index (χ2v) is 12.9. The first kappa shape index (κ1) is 29.3. The molecule has 0 spiro atoms. The third-order valence-corrected chi connectivity index (χ3v) is 9.61. The van der Waals surface area contributed by atoms with Crippen LogP contribution in [0.5, 0.6) is 0 Å². The summed E-state index contributed by atoms with van der Waals surface area (Å²) in [5.41, 5.74) is 8.40. The Morgan fingerprint density at radius 1 is 0.630 bits per heavy atom. The number of fused-ring (bicyclic) bond motifs is 2. The van der Waals surface area contributed by atoms with Crippen molar-refractivity contribution in [3.05, 3.63) is 131 Å². The summed E-state index contributed by atoms with van der Waals surface area (Å²) in [6, 6.07) is 41.1. The van der Waals surface area contributed by atoms with E-state index >= 15 is 0 Å². The van der Waals surface area contributed by atoms with E-state index in [1.54, 1.807) is 0 Å². The van der Waals surface area contributed by atoms with Gasteiger partial charge in [0.05, 0.1) is 23.3 Å². The van der Waals surface area contributed by atoms with Gasteiger partial charge in [-0.25, -0.2) is 0 Å².